The minimum absolute atomic E-state index is 0. The van der Waals surface area contributed by atoms with Crippen molar-refractivity contribution in [1.82, 2.24) is 5.43 Å². The quantitative estimate of drug-likeness (QED) is 0.524. The first-order chi connectivity index (χ1) is 5.46. The van der Waals surface area contributed by atoms with Crippen molar-refractivity contribution in [3.05, 3.63) is 12.3 Å². The standard InChI is InChI=1S/C5H8N2O2.C3H7.Y/c1-5(2)3(8)6-7-4(5)9;1-3-2;/h1-2H3,(H2,6,7,8,9);1,3H2,2H3;/q;-1;/p-1. The Kier molecular flexibility index (Phi) is 7.75. The van der Waals surface area contributed by atoms with E-state index in [0.29, 0.717) is 0 Å². The minimum Gasteiger partial charge on any atom is -0.563 e. The van der Waals surface area contributed by atoms with Crippen LogP contribution in [0.1, 0.15) is 27.2 Å². The predicted molar refractivity (Wildman–Crippen MR) is 45.9 cm³/mol. The van der Waals surface area contributed by atoms with Crippen LogP contribution >= 0.6 is 0 Å². The van der Waals surface area contributed by atoms with E-state index in [2.05, 4.69) is 17.8 Å². The number of nitrogens with one attached hydrogen (secondary N) is 1. The Morgan fingerprint density at radius 2 is 1.85 bits per heavy atom. The average molecular weight is 259 g/mol. The zero-order chi connectivity index (χ0) is 9.78. The second-order valence-corrected chi connectivity index (χ2v) is 2.98. The van der Waals surface area contributed by atoms with Gasteiger partial charge >= 0.3 is 0 Å². The van der Waals surface area contributed by atoms with Crippen LogP contribution in [-0.4, -0.2) is 11.8 Å². The number of carbonyl (C=O) groups is 2. The molecule has 1 aliphatic rings. The molecule has 1 heterocycles. The molecule has 73 valence electrons. The number of nitrogens with zero attached hydrogens (tertiary/aromatic N) is 1. The fourth-order valence-corrected chi connectivity index (χ4v) is 0.478. The molecule has 0 aromatic rings. The normalized spacial score (nSPS) is 17.5. The molecule has 13 heavy (non-hydrogen) atoms. The van der Waals surface area contributed by atoms with E-state index in [4.69, 9.17) is 0 Å². The van der Waals surface area contributed by atoms with Crippen molar-refractivity contribution in [2.75, 3.05) is 0 Å². The van der Waals surface area contributed by atoms with Gasteiger partial charge in [0.05, 0.1) is 11.3 Å². The van der Waals surface area contributed by atoms with Crippen LogP contribution in [0, 0.1) is 12.3 Å². The molecule has 0 bridgehead atoms. The fourth-order valence-electron chi connectivity index (χ4n) is 0.478. The molecule has 0 saturated carbocycles. The monoisotopic (exact) mass is 259 g/mol. The molecule has 2 amide bonds. The summed E-state index contributed by atoms with van der Waals surface area (Å²) in [6, 6.07) is 0. The Bertz CT molecular complexity index is 175. The van der Waals surface area contributed by atoms with Crippen LogP contribution in [0.4, 0.5) is 0 Å². The summed E-state index contributed by atoms with van der Waals surface area (Å²) in [6.07, 6.45) is 1.00. The summed E-state index contributed by atoms with van der Waals surface area (Å²) in [5.74, 6) is -0.722. The maximum absolute atomic E-state index is 10.7. The van der Waals surface area contributed by atoms with Gasteiger partial charge in [-0.15, -0.1) is 0 Å². The van der Waals surface area contributed by atoms with Gasteiger partial charge in [0.25, 0.3) is 0 Å². The van der Waals surface area contributed by atoms with Crippen molar-refractivity contribution in [3.63, 3.8) is 0 Å². The summed E-state index contributed by atoms with van der Waals surface area (Å²) in [4.78, 5) is 21.3. The van der Waals surface area contributed by atoms with Crippen LogP contribution in [0.2, 0.25) is 0 Å². The Morgan fingerprint density at radius 3 is 1.92 bits per heavy atom. The molecular formula is C8H14N2O2Y-2. The predicted octanol–water partition coefficient (Wildman–Crippen LogP) is 1.19. The zero-order valence-electron chi connectivity index (χ0n) is 8.26. The number of rotatable bonds is 0. The van der Waals surface area contributed by atoms with Crippen molar-refractivity contribution >= 4 is 11.8 Å². The number of carbonyl (C=O) groups excluding carboxylic acids is 2. The van der Waals surface area contributed by atoms with Gasteiger partial charge in [0.1, 0.15) is 0 Å². The fraction of sp³-hybridized carbons (Fsp3) is 0.625. The van der Waals surface area contributed by atoms with Crippen LogP contribution in [-0.2, 0) is 42.3 Å². The Hall–Kier alpha value is 0.0439. The van der Waals surface area contributed by atoms with Gasteiger partial charge in [0.15, 0.2) is 0 Å². The van der Waals surface area contributed by atoms with Gasteiger partial charge in [-0.2, -0.15) is 6.42 Å². The summed E-state index contributed by atoms with van der Waals surface area (Å²) in [6.45, 7) is 8.59. The molecule has 1 rings (SSSR count). The van der Waals surface area contributed by atoms with Gasteiger partial charge in [0, 0.05) is 32.7 Å². The van der Waals surface area contributed by atoms with Crippen LogP contribution in [0.5, 0.6) is 0 Å². The van der Waals surface area contributed by atoms with Gasteiger partial charge < -0.3 is 22.6 Å². The first kappa shape index (κ1) is 15.5. The zero-order valence-corrected chi connectivity index (χ0v) is 11.1. The molecule has 1 N–H and O–H groups in total. The number of hydrogen-bond acceptors (Lipinski definition) is 2. The Labute approximate surface area is 104 Å². The van der Waals surface area contributed by atoms with E-state index in [1.165, 1.54) is 0 Å². The SMILES string of the molecule is CC1(C)C(=O)[N-]NC1=O.[CH2-]CC.[Y]. The first-order valence-corrected chi connectivity index (χ1v) is 3.81. The maximum atomic E-state index is 10.7. The molecule has 0 spiro atoms. The largest absolute Gasteiger partial charge is 0.563 e. The van der Waals surface area contributed by atoms with Crippen LogP contribution in [0.25, 0.3) is 5.43 Å². The van der Waals surface area contributed by atoms with E-state index in [1.54, 1.807) is 13.8 Å². The summed E-state index contributed by atoms with van der Waals surface area (Å²) in [7, 11) is 0. The van der Waals surface area contributed by atoms with Gasteiger partial charge in [-0.25, -0.2) is 0 Å². The molecule has 0 atom stereocenters. The molecule has 0 aliphatic carbocycles. The topological polar surface area (TPSA) is 60.3 Å². The summed E-state index contributed by atoms with van der Waals surface area (Å²) in [5, 5.41) is 0. The Morgan fingerprint density at radius 1 is 1.46 bits per heavy atom. The molecule has 1 fully saturated rings. The molecule has 1 saturated heterocycles. The smallest absolute Gasteiger partial charge is 0.218 e. The van der Waals surface area contributed by atoms with Gasteiger partial charge in [-0.05, 0) is 13.8 Å². The van der Waals surface area contributed by atoms with Crippen LogP contribution in [0.15, 0.2) is 0 Å². The van der Waals surface area contributed by atoms with Crippen molar-refractivity contribution in [3.8, 4) is 0 Å². The van der Waals surface area contributed by atoms with Crippen molar-refractivity contribution in [2.45, 2.75) is 27.2 Å². The van der Waals surface area contributed by atoms with E-state index in [-0.39, 0.29) is 38.6 Å². The molecule has 5 heteroatoms. The molecular weight excluding hydrogens is 245 g/mol. The third kappa shape index (κ3) is 4.18. The minimum atomic E-state index is -0.944. The van der Waals surface area contributed by atoms with Crippen LogP contribution < -0.4 is 5.43 Å². The second-order valence-electron chi connectivity index (χ2n) is 2.98. The van der Waals surface area contributed by atoms with E-state index in [0.717, 1.165) is 6.42 Å². The number of amides is 2. The molecule has 4 nitrogen and oxygen atoms in total. The molecule has 0 unspecified atom stereocenters. The molecule has 0 aromatic carbocycles. The van der Waals surface area contributed by atoms with E-state index in [1.807, 2.05) is 6.92 Å². The average Bonchev–Trinajstić information content (AvgIpc) is 2.19. The Balaban J connectivity index is 0. The van der Waals surface area contributed by atoms with Gasteiger partial charge in [0.2, 0.25) is 5.91 Å². The van der Waals surface area contributed by atoms with Gasteiger partial charge in [-0.1, -0.05) is 6.92 Å². The third-order valence-corrected chi connectivity index (χ3v) is 1.36. The third-order valence-electron chi connectivity index (χ3n) is 1.36. The first-order valence-electron chi connectivity index (χ1n) is 3.81. The van der Waals surface area contributed by atoms with E-state index in [9.17, 15) is 9.59 Å². The summed E-state index contributed by atoms with van der Waals surface area (Å²) < 4.78 is 0. The maximum Gasteiger partial charge on any atom is 0.218 e. The molecule has 0 aromatic heterocycles. The van der Waals surface area contributed by atoms with E-state index < -0.39 is 11.3 Å². The second kappa shape index (κ2) is 6.49. The van der Waals surface area contributed by atoms with Crippen molar-refractivity contribution < 1.29 is 42.3 Å². The molecule has 1 radical (unpaired) electrons. The van der Waals surface area contributed by atoms with Crippen molar-refractivity contribution in [2.24, 2.45) is 5.41 Å². The number of hydrogen-bond donors (Lipinski definition) is 1. The molecule has 1 aliphatic heterocycles. The van der Waals surface area contributed by atoms with Gasteiger partial charge in [-0.3, -0.25) is 4.79 Å². The summed E-state index contributed by atoms with van der Waals surface area (Å²) >= 11 is 0. The van der Waals surface area contributed by atoms with Crippen LogP contribution in [0.3, 0.4) is 0 Å². The van der Waals surface area contributed by atoms with Crippen molar-refractivity contribution in [1.29, 1.82) is 0 Å². The van der Waals surface area contributed by atoms with E-state index >= 15 is 0 Å². The summed E-state index contributed by atoms with van der Waals surface area (Å²) in [5.41, 5.74) is 4.38.